The van der Waals surface area contributed by atoms with Crippen molar-refractivity contribution in [1.82, 2.24) is 0 Å². The van der Waals surface area contributed by atoms with E-state index >= 15 is 0 Å². The summed E-state index contributed by atoms with van der Waals surface area (Å²) in [5.41, 5.74) is 2.82. The highest BCUT2D eigenvalue weighted by molar-refractivity contribution is 5.92. The fraction of sp³-hybridized carbons (Fsp3) is 0.300. The van der Waals surface area contributed by atoms with Crippen molar-refractivity contribution in [2.75, 3.05) is 25.1 Å². The second-order valence-corrected chi connectivity index (χ2v) is 5.70. The fourth-order valence-corrected chi connectivity index (χ4v) is 2.13. The molecule has 0 aliphatic carbocycles. The van der Waals surface area contributed by atoms with Gasteiger partial charge in [-0.2, -0.15) is 0 Å². The van der Waals surface area contributed by atoms with Crippen molar-refractivity contribution < 1.29 is 23.8 Å². The minimum Gasteiger partial charge on any atom is -0.494 e. The minimum absolute atomic E-state index is 0.251. The lowest BCUT2D eigenvalue weighted by molar-refractivity contribution is -0.149. The number of carbonyl (C=O) groups is 2. The molecule has 2 aromatic rings. The van der Waals surface area contributed by atoms with Gasteiger partial charge in [0.1, 0.15) is 11.5 Å². The monoisotopic (exact) mass is 357 g/mol. The molecule has 0 unspecified atom stereocenters. The number of benzene rings is 2. The summed E-state index contributed by atoms with van der Waals surface area (Å²) < 4.78 is 15.6. The zero-order chi connectivity index (χ0) is 18.9. The van der Waals surface area contributed by atoms with Crippen LogP contribution in [0, 0.1) is 13.8 Å². The van der Waals surface area contributed by atoms with Crippen LogP contribution in [0.4, 0.5) is 5.69 Å². The van der Waals surface area contributed by atoms with Gasteiger partial charge < -0.3 is 19.5 Å². The molecule has 138 valence electrons. The summed E-state index contributed by atoms with van der Waals surface area (Å²) >= 11 is 0. The first-order valence-electron chi connectivity index (χ1n) is 8.36. The first-order valence-corrected chi connectivity index (χ1v) is 8.36. The van der Waals surface area contributed by atoms with E-state index in [1.165, 1.54) is 0 Å². The minimum atomic E-state index is -0.606. The van der Waals surface area contributed by atoms with Crippen molar-refractivity contribution in [3.8, 4) is 11.5 Å². The molecule has 6 heteroatoms. The number of aryl methyl sites for hydroxylation is 2. The van der Waals surface area contributed by atoms with Gasteiger partial charge in [0.25, 0.3) is 5.91 Å². The van der Waals surface area contributed by atoms with Crippen LogP contribution in [0.5, 0.6) is 11.5 Å². The molecule has 1 amide bonds. The molecular formula is C20H23NO5. The highest BCUT2D eigenvalue weighted by Crippen LogP contribution is 2.17. The van der Waals surface area contributed by atoms with Gasteiger partial charge in [-0.1, -0.05) is 6.07 Å². The summed E-state index contributed by atoms with van der Waals surface area (Å²) in [6.07, 6.45) is 0. The number of nitrogens with one attached hydrogen (secondary N) is 1. The molecule has 6 nitrogen and oxygen atoms in total. The molecule has 26 heavy (non-hydrogen) atoms. The van der Waals surface area contributed by atoms with E-state index in [1.807, 2.05) is 32.9 Å². The van der Waals surface area contributed by atoms with Gasteiger partial charge in [-0.15, -0.1) is 0 Å². The third kappa shape index (κ3) is 6.12. The SMILES string of the molecule is CCOc1ccc(NC(=O)COC(=O)COc2ccc(C)c(C)c2)cc1. The molecule has 0 saturated heterocycles. The molecule has 0 radical (unpaired) electrons. The van der Waals surface area contributed by atoms with E-state index in [9.17, 15) is 9.59 Å². The molecule has 0 aromatic heterocycles. The first-order chi connectivity index (χ1) is 12.5. The van der Waals surface area contributed by atoms with Crippen molar-refractivity contribution in [3.05, 3.63) is 53.6 Å². The third-order valence-electron chi connectivity index (χ3n) is 3.65. The zero-order valence-corrected chi connectivity index (χ0v) is 15.2. The Hall–Kier alpha value is -3.02. The largest absolute Gasteiger partial charge is 0.494 e. The van der Waals surface area contributed by atoms with Crippen LogP contribution in [0.25, 0.3) is 0 Å². The summed E-state index contributed by atoms with van der Waals surface area (Å²) in [5.74, 6) is 0.281. The number of anilines is 1. The van der Waals surface area contributed by atoms with E-state index in [2.05, 4.69) is 5.32 Å². The Balaban J connectivity index is 1.72. The van der Waals surface area contributed by atoms with Crippen molar-refractivity contribution in [1.29, 1.82) is 0 Å². The molecule has 0 heterocycles. The Bertz CT molecular complexity index is 755. The number of ether oxygens (including phenoxy) is 3. The van der Waals surface area contributed by atoms with Crippen LogP contribution in [0.15, 0.2) is 42.5 Å². The van der Waals surface area contributed by atoms with E-state index in [0.29, 0.717) is 18.0 Å². The van der Waals surface area contributed by atoms with Gasteiger partial charge in [0.2, 0.25) is 0 Å². The van der Waals surface area contributed by atoms with Crippen LogP contribution in [-0.4, -0.2) is 31.7 Å². The van der Waals surface area contributed by atoms with Crippen molar-refractivity contribution in [3.63, 3.8) is 0 Å². The number of hydrogen-bond donors (Lipinski definition) is 1. The van der Waals surface area contributed by atoms with E-state index in [-0.39, 0.29) is 13.2 Å². The van der Waals surface area contributed by atoms with Gasteiger partial charge in [0.15, 0.2) is 13.2 Å². The Labute approximate surface area is 153 Å². The highest BCUT2D eigenvalue weighted by Gasteiger charge is 2.09. The standard InChI is InChI=1S/C20H23NO5/c1-4-24-17-9-6-16(7-10-17)21-19(22)12-26-20(23)13-25-18-8-5-14(2)15(3)11-18/h5-11H,4,12-13H2,1-3H3,(H,21,22). The topological polar surface area (TPSA) is 73.9 Å². The van der Waals surface area contributed by atoms with Crippen LogP contribution in [0.1, 0.15) is 18.1 Å². The molecule has 2 aromatic carbocycles. The normalized spacial score (nSPS) is 10.1. The third-order valence-corrected chi connectivity index (χ3v) is 3.65. The number of amides is 1. The smallest absolute Gasteiger partial charge is 0.344 e. The molecule has 0 saturated carbocycles. The zero-order valence-electron chi connectivity index (χ0n) is 15.2. The number of carbonyl (C=O) groups excluding carboxylic acids is 2. The van der Waals surface area contributed by atoms with Crippen LogP contribution in [0.2, 0.25) is 0 Å². The van der Waals surface area contributed by atoms with E-state index < -0.39 is 11.9 Å². The molecule has 0 fully saturated rings. The number of hydrogen-bond acceptors (Lipinski definition) is 5. The van der Waals surface area contributed by atoms with E-state index in [1.54, 1.807) is 30.3 Å². The fourth-order valence-electron chi connectivity index (χ4n) is 2.13. The second-order valence-electron chi connectivity index (χ2n) is 5.70. The van der Waals surface area contributed by atoms with Crippen LogP contribution >= 0.6 is 0 Å². The van der Waals surface area contributed by atoms with Crippen LogP contribution in [0.3, 0.4) is 0 Å². The van der Waals surface area contributed by atoms with Gasteiger partial charge in [0.05, 0.1) is 6.61 Å². The van der Waals surface area contributed by atoms with Gasteiger partial charge in [-0.05, 0) is 68.3 Å². The van der Waals surface area contributed by atoms with Crippen molar-refractivity contribution >= 4 is 17.6 Å². The van der Waals surface area contributed by atoms with Gasteiger partial charge in [-0.3, -0.25) is 4.79 Å². The Morgan fingerprint density at radius 1 is 0.885 bits per heavy atom. The maximum atomic E-state index is 11.8. The van der Waals surface area contributed by atoms with Crippen molar-refractivity contribution in [2.45, 2.75) is 20.8 Å². The van der Waals surface area contributed by atoms with Gasteiger partial charge in [-0.25, -0.2) is 4.79 Å². The van der Waals surface area contributed by atoms with Crippen molar-refractivity contribution in [2.24, 2.45) is 0 Å². The highest BCUT2D eigenvalue weighted by atomic mass is 16.6. The van der Waals surface area contributed by atoms with Gasteiger partial charge >= 0.3 is 5.97 Å². The average Bonchev–Trinajstić information content (AvgIpc) is 2.63. The first kappa shape index (κ1) is 19.3. The van der Waals surface area contributed by atoms with E-state index in [0.717, 1.165) is 16.9 Å². The Morgan fingerprint density at radius 3 is 2.23 bits per heavy atom. The van der Waals surface area contributed by atoms with Crippen LogP contribution in [-0.2, 0) is 14.3 Å². The summed E-state index contributed by atoms with van der Waals surface area (Å²) in [5, 5.41) is 2.64. The summed E-state index contributed by atoms with van der Waals surface area (Å²) in [7, 11) is 0. The van der Waals surface area contributed by atoms with E-state index in [4.69, 9.17) is 14.2 Å². The second kappa shape index (κ2) is 9.46. The Kier molecular flexibility index (Phi) is 7.02. The lowest BCUT2D eigenvalue weighted by Crippen LogP contribution is -2.23. The summed E-state index contributed by atoms with van der Waals surface area (Å²) in [4.78, 5) is 23.5. The maximum absolute atomic E-state index is 11.8. The number of esters is 1. The molecule has 0 aliphatic heterocycles. The predicted molar refractivity (Wildman–Crippen MR) is 98.6 cm³/mol. The Morgan fingerprint density at radius 2 is 1.58 bits per heavy atom. The molecule has 0 bridgehead atoms. The lowest BCUT2D eigenvalue weighted by Gasteiger charge is -2.09. The van der Waals surface area contributed by atoms with Gasteiger partial charge in [0, 0.05) is 5.69 Å². The molecule has 0 spiro atoms. The quantitative estimate of drug-likeness (QED) is 0.734. The summed E-state index contributed by atoms with van der Waals surface area (Å²) in [6.45, 7) is 5.81. The number of rotatable bonds is 8. The molecular weight excluding hydrogens is 334 g/mol. The predicted octanol–water partition coefficient (Wildman–Crippen LogP) is 3.26. The molecule has 0 aliphatic rings. The molecule has 1 N–H and O–H groups in total. The average molecular weight is 357 g/mol. The molecule has 0 atom stereocenters. The lowest BCUT2D eigenvalue weighted by atomic mass is 10.1. The van der Waals surface area contributed by atoms with Crippen LogP contribution < -0.4 is 14.8 Å². The molecule has 2 rings (SSSR count). The maximum Gasteiger partial charge on any atom is 0.344 e. The summed E-state index contributed by atoms with van der Waals surface area (Å²) in [6, 6.07) is 12.5.